The van der Waals surface area contributed by atoms with Crippen LogP contribution < -0.4 is 0 Å². The Bertz CT molecular complexity index is 265. The summed E-state index contributed by atoms with van der Waals surface area (Å²) in [5.41, 5.74) is 0. The first-order valence-electron chi connectivity index (χ1n) is 7.33. The van der Waals surface area contributed by atoms with Crippen LogP contribution in [0.1, 0.15) is 38.5 Å². The number of fused-ring (bicyclic) bond motifs is 1. The summed E-state index contributed by atoms with van der Waals surface area (Å²) in [6, 6.07) is 0.879. The van der Waals surface area contributed by atoms with E-state index in [0.717, 1.165) is 6.04 Å². The maximum Gasteiger partial charge on any atom is 0.0285 e. The lowest BCUT2D eigenvalue weighted by atomic mass is 10.0. The fourth-order valence-electron chi connectivity index (χ4n) is 3.57. The van der Waals surface area contributed by atoms with Gasteiger partial charge in [-0.2, -0.15) is 11.8 Å². The average molecular weight is 254 g/mol. The van der Waals surface area contributed by atoms with E-state index in [1.807, 2.05) is 0 Å². The summed E-state index contributed by atoms with van der Waals surface area (Å²) in [6.07, 6.45) is 11.0. The van der Waals surface area contributed by atoms with E-state index in [9.17, 15) is 0 Å². The molecule has 2 aliphatic heterocycles. The zero-order valence-corrected chi connectivity index (χ0v) is 12.0. The van der Waals surface area contributed by atoms with Gasteiger partial charge in [0, 0.05) is 23.9 Å². The third-order valence-corrected chi connectivity index (χ3v) is 6.29. The molecular formula is C14H26N2S. The Morgan fingerprint density at radius 3 is 2.71 bits per heavy atom. The number of piperidine rings is 1. The molecule has 2 heterocycles. The lowest BCUT2D eigenvalue weighted by molar-refractivity contribution is 0.136. The van der Waals surface area contributed by atoms with Gasteiger partial charge >= 0.3 is 0 Å². The van der Waals surface area contributed by atoms with E-state index < -0.39 is 0 Å². The SMILES string of the molecule is CSC1(CN2CCCN3CCCCC3C2)CC1. The van der Waals surface area contributed by atoms with Gasteiger partial charge in [0.2, 0.25) is 0 Å². The van der Waals surface area contributed by atoms with Crippen LogP contribution in [0.15, 0.2) is 0 Å². The highest BCUT2D eigenvalue weighted by Crippen LogP contribution is 2.47. The van der Waals surface area contributed by atoms with Crippen molar-refractivity contribution in [2.24, 2.45) is 0 Å². The van der Waals surface area contributed by atoms with Crippen molar-refractivity contribution in [1.82, 2.24) is 9.80 Å². The van der Waals surface area contributed by atoms with Crippen molar-refractivity contribution in [3.63, 3.8) is 0 Å². The van der Waals surface area contributed by atoms with Crippen LogP contribution in [0.3, 0.4) is 0 Å². The quantitative estimate of drug-likeness (QED) is 0.764. The van der Waals surface area contributed by atoms with Crippen LogP contribution in [0, 0.1) is 0 Å². The van der Waals surface area contributed by atoms with Crippen LogP contribution in [0.5, 0.6) is 0 Å². The third kappa shape index (κ3) is 2.82. The number of rotatable bonds is 3. The molecule has 0 aromatic carbocycles. The first-order chi connectivity index (χ1) is 8.31. The molecule has 0 radical (unpaired) electrons. The van der Waals surface area contributed by atoms with E-state index in [2.05, 4.69) is 27.8 Å². The molecule has 1 unspecified atom stereocenters. The molecule has 0 N–H and O–H groups in total. The van der Waals surface area contributed by atoms with Gasteiger partial charge in [0.15, 0.2) is 0 Å². The van der Waals surface area contributed by atoms with Crippen LogP contribution in [0.25, 0.3) is 0 Å². The topological polar surface area (TPSA) is 6.48 Å². The number of thioether (sulfide) groups is 1. The van der Waals surface area contributed by atoms with Crippen molar-refractivity contribution >= 4 is 11.8 Å². The van der Waals surface area contributed by atoms with Crippen molar-refractivity contribution < 1.29 is 0 Å². The molecule has 3 heteroatoms. The van der Waals surface area contributed by atoms with E-state index in [0.29, 0.717) is 4.75 Å². The fourth-order valence-corrected chi connectivity index (χ4v) is 4.39. The standard InChI is InChI=1S/C14H26N2S/c1-17-14(6-7-14)12-15-8-4-10-16-9-3-2-5-13(16)11-15/h13H,2-12H2,1H3. The van der Waals surface area contributed by atoms with Crippen LogP contribution in [0.4, 0.5) is 0 Å². The largest absolute Gasteiger partial charge is 0.300 e. The predicted octanol–water partition coefficient (Wildman–Crippen LogP) is 2.44. The molecule has 17 heavy (non-hydrogen) atoms. The Morgan fingerprint density at radius 1 is 1.12 bits per heavy atom. The Labute approximate surface area is 110 Å². The Kier molecular flexibility index (Phi) is 3.69. The second kappa shape index (κ2) is 5.10. The minimum Gasteiger partial charge on any atom is -0.300 e. The van der Waals surface area contributed by atoms with E-state index in [1.165, 1.54) is 71.2 Å². The van der Waals surface area contributed by atoms with Gasteiger partial charge in [0.05, 0.1) is 0 Å². The smallest absolute Gasteiger partial charge is 0.0285 e. The zero-order chi connectivity index (χ0) is 11.7. The summed E-state index contributed by atoms with van der Waals surface area (Å²) in [7, 11) is 0. The molecule has 1 atom stereocenters. The summed E-state index contributed by atoms with van der Waals surface area (Å²) < 4.78 is 0.657. The second-order valence-electron chi connectivity index (χ2n) is 6.16. The summed E-state index contributed by atoms with van der Waals surface area (Å²) in [5.74, 6) is 0. The molecule has 0 spiro atoms. The molecule has 0 aromatic heterocycles. The van der Waals surface area contributed by atoms with Crippen LogP contribution in [-0.2, 0) is 0 Å². The van der Waals surface area contributed by atoms with Gasteiger partial charge in [0.1, 0.15) is 0 Å². The molecule has 2 nitrogen and oxygen atoms in total. The molecule has 0 bridgehead atoms. The van der Waals surface area contributed by atoms with Gasteiger partial charge in [-0.05, 0) is 58.0 Å². The lowest BCUT2D eigenvalue weighted by Crippen LogP contribution is -2.45. The molecule has 3 aliphatic rings. The van der Waals surface area contributed by atoms with Crippen molar-refractivity contribution in [2.45, 2.75) is 49.3 Å². The predicted molar refractivity (Wildman–Crippen MR) is 75.7 cm³/mol. The molecule has 3 rings (SSSR count). The van der Waals surface area contributed by atoms with Gasteiger partial charge in [-0.3, -0.25) is 4.90 Å². The number of hydrogen-bond donors (Lipinski definition) is 0. The van der Waals surface area contributed by atoms with Crippen LogP contribution >= 0.6 is 11.8 Å². The molecule has 0 amide bonds. The van der Waals surface area contributed by atoms with E-state index >= 15 is 0 Å². The summed E-state index contributed by atoms with van der Waals surface area (Å²) in [6.45, 7) is 6.77. The molecule has 98 valence electrons. The fraction of sp³-hybridized carbons (Fsp3) is 1.00. The van der Waals surface area contributed by atoms with Crippen molar-refractivity contribution in [3.05, 3.63) is 0 Å². The first kappa shape index (κ1) is 12.3. The molecule has 2 saturated heterocycles. The first-order valence-corrected chi connectivity index (χ1v) is 8.55. The van der Waals surface area contributed by atoms with Crippen LogP contribution in [-0.4, -0.2) is 59.6 Å². The second-order valence-corrected chi connectivity index (χ2v) is 7.44. The number of nitrogens with zero attached hydrogens (tertiary/aromatic N) is 2. The van der Waals surface area contributed by atoms with Crippen molar-refractivity contribution in [1.29, 1.82) is 0 Å². The Hall–Kier alpha value is 0.270. The highest BCUT2D eigenvalue weighted by atomic mass is 32.2. The van der Waals surface area contributed by atoms with Crippen LogP contribution in [0.2, 0.25) is 0 Å². The minimum absolute atomic E-state index is 0.657. The Balaban J connectivity index is 1.58. The summed E-state index contributed by atoms with van der Waals surface area (Å²) in [5, 5.41) is 0. The molecule has 3 fully saturated rings. The molecule has 1 aliphatic carbocycles. The van der Waals surface area contributed by atoms with Crippen molar-refractivity contribution in [2.75, 3.05) is 39.0 Å². The molecule has 0 aromatic rings. The normalized spacial score (nSPS) is 34.1. The molecule has 1 saturated carbocycles. The highest BCUT2D eigenvalue weighted by molar-refractivity contribution is 8.00. The maximum atomic E-state index is 2.78. The van der Waals surface area contributed by atoms with E-state index in [-0.39, 0.29) is 0 Å². The zero-order valence-electron chi connectivity index (χ0n) is 11.2. The lowest BCUT2D eigenvalue weighted by Gasteiger charge is -2.36. The number of hydrogen-bond acceptors (Lipinski definition) is 3. The maximum absolute atomic E-state index is 2.78. The van der Waals surface area contributed by atoms with E-state index in [1.54, 1.807) is 0 Å². The minimum atomic E-state index is 0.657. The average Bonchev–Trinajstić information content (AvgIpc) is 3.13. The van der Waals surface area contributed by atoms with Gasteiger partial charge < -0.3 is 4.90 Å². The Morgan fingerprint density at radius 2 is 1.94 bits per heavy atom. The summed E-state index contributed by atoms with van der Waals surface area (Å²) in [4.78, 5) is 5.54. The van der Waals surface area contributed by atoms with Gasteiger partial charge in [-0.1, -0.05) is 6.42 Å². The molecular weight excluding hydrogens is 228 g/mol. The van der Waals surface area contributed by atoms with Gasteiger partial charge in [0.25, 0.3) is 0 Å². The highest BCUT2D eigenvalue weighted by Gasteiger charge is 2.43. The monoisotopic (exact) mass is 254 g/mol. The third-order valence-electron chi connectivity index (χ3n) is 4.89. The summed E-state index contributed by atoms with van der Waals surface area (Å²) >= 11 is 2.11. The van der Waals surface area contributed by atoms with Gasteiger partial charge in [-0.15, -0.1) is 0 Å². The van der Waals surface area contributed by atoms with Crippen molar-refractivity contribution in [3.8, 4) is 0 Å². The van der Waals surface area contributed by atoms with Gasteiger partial charge in [-0.25, -0.2) is 0 Å². The van der Waals surface area contributed by atoms with E-state index in [4.69, 9.17) is 0 Å².